The number of amides is 2. The number of carboxylic acids is 1. The fraction of sp³-hybridized carbons (Fsp3) is 0.469. The lowest BCUT2D eigenvalue weighted by Crippen LogP contribution is -2.60. The molecule has 4 bridgehead atoms. The third-order valence-electron chi connectivity index (χ3n) is 9.45. The molecule has 3 aromatic rings. The van der Waals surface area contributed by atoms with Crippen LogP contribution in [-0.4, -0.2) is 46.2 Å². The van der Waals surface area contributed by atoms with Gasteiger partial charge in [-0.25, -0.2) is 4.79 Å². The van der Waals surface area contributed by atoms with Crippen molar-refractivity contribution >= 4 is 28.9 Å². The fourth-order valence-electron chi connectivity index (χ4n) is 7.71. The minimum atomic E-state index is -1.37. The normalized spacial score (nSPS) is 27.1. The van der Waals surface area contributed by atoms with Crippen molar-refractivity contribution in [3.8, 4) is 0 Å². The number of benzene rings is 2. The van der Waals surface area contributed by atoms with Crippen molar-refractivity contribution in [1.29, 1.82) is 0 Å². The summed E-state index contributed by atoms with van der Waals surface area (Å²) in [6, 6.07) is 16.6. The molecule has 2 amide bonds. The Labute approximate surface area is 233 Å². The first-order chi connectivity index (χ1) is 19.3. The molecule has 1 heterocycles. The lowest BCUT2D eigenvalue weighted by Gasteiger charge is -2.53. The summed E-state index contributed by atoms with van der Waals surface area (Å²) < 4.78 is 6.08. The Hall–Kier alpha value is -3.81. The lowest BCUT2D eigenvalue weighted by atomic mass is 9.55. The minimum Gasteiger partial charge on any atom is -0.481 e. The van der Waals surface area contributed by atoms with Crippen LogP contribution in [0.1, 0.15) is 56.1 Å². The summed E-state index contributed by atoms with van der Waals surface area (Å²) >= 11 is 0. The maximum atomic E-state index is 13.8. The van der Waals surface area contributed by atoms with E-state index in [1.165, 1.54) is 6.42 Å². The van der Waals surface area contributed by atoms with Crippen LogP contribution in [0.2, 0.25) is 0 Å². The summed E-state index contributed by atoms with van der Waals surface area (Å²) in [7, 11) is 0. The molecule has 4 aliphatic carbocycles. The van der Waals surface area contributed by atoms with Gasteiger partial charge in [-0.3, -0.25) is 9.59 Å². The van der Waals surface area contributed by atoms with E-state index in [0.29, 0.717) is 17.4 Å². The summed E-state index contributed by atoms with van der Waals surface area (Å²) in [5.74, 6) is -0.0791. The Kier molecular flexibility index (Phi) is 7.02. The SMILES string of the molecule is C[C@](Cc1c[nH]c2ccccc12)(NC(=O)OC1C2CC3CC(C2)CC1C3)C(=O)NC[C@H](C(=O)O)c1ccccc1. The van der Waals surface area contributed by atoms with Crippen LogP contribution in [0, 0.1) is 23.7 Å². The quantitative estimate of drug-likeness (QED) is 0.303. The molecule has 0 radical (unpaired) electrons. The number of carbonyl (C=O) groups is 3. The number of ether oxygens (including phenoxy) is 1. The predicted molar refractivity (Wildman–Crippen MR) is 151 cm³/mol. The number of alkyl carbamates (subject to hydrolysis) is 1. The number of hydrogen-bond donors (Lipinski definition) is 4. The van der Waals surface area contributed by atoms with Crippen LogP contribution in [0.4, 0.5) is 4.79 Å². The average Bonchev–Trinajstić information content (AvgIpc) is 3.33. The number of rotatable bonds is 9. The first kappa shape index (κ1) is 26.4. The fourth-order valence-corrected chi connectivity index (χ4v) is 7.71. The maximum absolute atomic E-state index is 13.8. The Morgan fingerprint density at radius 2 is 1.62 bits per heavy atom. The third kappa shape index (κ3) is 5.19. The number of para-hydroxylation sites is 1. The van der Waals surface area contributed by atoms with Crippen LogP contribution < -0.4 is 10.6 Å². The van der Waals surface area contributed by atoms with E-state index >= 15 is 0 Å². The second kappa shape index (κ2) is 10.6. The van der Waals surface area contributed by atoms with Crippen molar-refractivity contribution in [1.82, 2.24) is 15.6 Å². The molecule has 40 heavy (non-hydrogen) atoms. The molecule has 4 saturated carbocycles. The molecule has 2 aromatic carbocycles. The number of aromatic nitrogens is 1. The summed E-state index contributed by atoms with van der Waals surface area (Å²) in [6.45, 7) is 1.58. The Balaban J connectivity index is 1.21. The highest BCUT2D eigenvalue weighted by Gasteiger charge is 2.50. The number of H-pyrrole nitrogens is 1. The van der Waals surface area contributed by atoms with Gasteiger partial charge >= 0.3 is 12.1 Å². The Morgan fingerprint density at radius 3 is 2.30 bits per heavy atom. The van der Waals surface area contributed by atoms with Gasteiger partial charge in [-0.15, -0.1) is 0 Å². The summed E-state index contributed by atoms with van der Waals surface area (Å²) in [4.78, 5) is 42.5. The number of hydrogen-bond acceptors (Lipinski definition) is 4. The zero-order valence-electron chi connectivity index (χ0n) is 22.8. The Morgan fingerprint density at radius 1 is 0.975 bits per heavy atom. The molecule has 4 N–H and O–H groups in total. The maximum Gasteiger partial charge on any atom is 0.408 e. The van der Waals surface area contributed by atoms with Crippen LogP contribution in [0.5, 0.6) is 0 Å². The Bertz CT molecular complexity index is 1370. The monoisotopic (exact) mass is 543 g/mol. The zero-order chi connectivity index (χ0) is 27.9. The van der Waals surface area contributed by atoms with Gasteiger partial charge in [0, 0.05) is 30.1 Å². The van der Waals surface area contributed by atoms with Gasteiger partial charge < -0.3 is 25.5 Å². The van der Waals surface area contributed by atoms with E-state index in [1.807, 2.05) is 36.5 Å². The van der Waals surface area contributed by atoms with Crippen LogP contribution in [0.25, 0.3) is 10.9 Å². The van der Waals surface area contributed by atoms with E-state index in [0.717, 1.165) is 54.0 Å². The number of carboxylic acid groups (broad SMARTS) is 1. The summed E-state index contributed by atoms with van der Waals surface area (Å²) in [6.07, 6.45) is 7.16. The topological polar surface area (TPSA) is 121 Å². The second-order valence-electron chi connectivity index (χ2n) is 12.3. The predicted octanol–water partition coefficient (Wildman–Crippen LogP) is 5.00. The number of aliphatic carboxylic acids is 1. The third-order valence-corrected chi connectivity index (χ3v) is 9.45. The molecule has 2 atom stereocenters. The van der Waals surface area contributed by atoms with Crippen molar-refractivity contribution in [3.05, 3.63) is 71.9 Å². The molecule has 8 heteroatoms. The first-order valence-corrected chi connectivity index (χ1v) is 14.4. The standard InChI is InChI=1S/C32H37N3O5/c1-32(16-24-17-33-27-10-6-5-9-25(24)27,30(38)34-18-26(29(36)37)21-7-3-2-4-8-21)35-31(39)40-28-22-12-19-11-20(14-22)15-23(28)13-19/h2-10,17,19-20,22-23,26,28,33H,11-16,18H2,1H3,(H,34,38)(H,35,39)(H,36,37)/t19?,20?,22?,23?,26-,28?,32+/m0/s1. The molecule has 1 aromatic heterocycles. The second-order valence-corrected chi connectivity index (χ2v) is 12.3. The van der Waals surface area contributed by atoms with Crippen LogP contribution >= 0.6 is 0 Å². The summed E-state index contributed by atoms with van der Waals surface area (Å²) in [5.41, 5.74) is 1.05. The van der Waals surface area contributed by atoms with E-state index < -0.39 is 29.4 Å². The van der Waals surface area contributed by atoms with Gasteiger partial charge in [0.2, 0.25) is 5.91 Å². The van der Waals surface area contributed by atoms with Crippen molar-refractivity contribution in [2.75, 3.05) is 6.54 Å². The summed E-state index contributed by atoms with van der Waals surface area (Å²) in [5, 5.41) is 16.6. The number of nitrogens with one attached hydrogen (secondary N) is 3. The van der Waals surface area contributed by atoms with E-state index in [-0.39, 0.29) is 19.1 Å². The molecule has 7 rings (SSSR count). The smallest absolute Gasteiger partial charge is 0.408 e. The van der Waals surface area contributed by atoms with Gasteiger partial charge in [-0.05, 0) is 79.9 Å². The van der Waals surface area contributed by atoms with Gasteiger partial charge in [0.25, 0.3) is 0 Å². The van der Waals surface area contributed by atoms with Gasteiger partial charge in [0.15, 0.2) is 0 Å². The van der Waals surface area contributed by atoms with Crippen molar-refractivity contribution in [2.24, 2.45) is 23.7 Å². The molecule has 8 nitrogen and oxygen atoms in total. The van der Waals surface area contributed by atoms with E-state index in [4.69, 9.17) is 4.74 Å². The highest BCUT2D eigenvalue weighted by molar-refractivity contribution is 5.92. The highest BCUT2D eigenvalue weighted by Crippen LogP contribution is 2.54. The molecule has 4 fully saturated rings. The van der Waals surface area contributed by atoms with Gasteiger partial charge in [-0.2, -0.15) is 0 Å². The molecule has 0 saturated heterocycles. The van der Waals surface area contributed by atoms with Crippen LogP contribution in [-0.2, 0) is 20.7 Å². The van der Waals surface area contributed by atoms with Crippen LogP contribution in [0.3, 0.4) is 0 Å². The molecule has 4 aliphatic rings. The molecule has 0 aliphatic heterocycles. The van der Waals surface area contributed by atoms with Gasteiger partial charge in [0.1, 0.15) is 11.6 Å². The number of aromatic amines is 1. The largest absolute Gasteiger partial charge is 0.481 e. The molecule has 0 unspecified atom stereocenters. The van der Waals surface area contributed by atoms with Crippen molar-refractivity contribution in [3.63, 3.8) is 0 Å². The van der Waals surface area contributed by atoms with Gasteiger partial charge in [-0.1, -0.05) is 48.5 Å². The first-order valence-electron chi connectivity index (χ1n) is 14.4. The van der Waals surface area contributed by atoms with E-state index in [1.54, 1.807) is 31.2 Å². The highest BCUT2D eigenvalue weighted by atomic mass is 16.6. The molecular formula is C32H37N3O5. The number of carbonyl (C=O) groups excluding carboxylic acids is 2. The molecular weight excluding hydrogens is 506 g/mol. The average molecular weight is 544 g/mol. The minimum absolute atomic E-state index is 0.103. The molecule has 210 valence electrons. The lowest BCUT2D eigenvalue weighted by molar-refractivity contribution is -0.139. The van der Waals surface area contributed by atoms with Crippen molar-refractivity contribution in [2.45, 2.75) is 63.0 Å². The number of fused-ring (bicyclic) bond motifs is 1. The van der Waals surface area contributed by atoms with E-state index in [9.17, 15) is 19.5 Å². The van der Waals surface area contributed by atoms with Crippen LogP contribution in [0.15, 0.2) is 60.8 Å². The van der Waals surface area contributed by atoms with Gasteiger partial charge in [0.05, 0.1) is 5.92 Å². The van der Waals surface area contributed by atoms with E-state index in [2.05, 4.69) is 15.6 Å². The van der Waals surface area contributed by atoms with Crippen molar-refractivity contribution < 1.29 is 24.2 Å². The zero-order valence-corrected chi connectivity index (χ0v) is 22.8. The molecule has 0 spiro atoms.